The largest absolute Gasteiger partial charge is 0.296 e. The third-order valence-electron chi connectivity index (χ3n) is 2.61. The van der Waals surface area contributed by atoms with Gasteiger partial charge in [0, 0.05) is 18.9 Å². The molecule has 2 heterocycles. The van der Waals surface area contributed by atoms with Gasteiger partial charge in [0.2, 0.25) is 5.91 Å². The Kier molecular flexibility index (Phi) is 2.69. The minimum Gasteiger partial charge on any atom is -0.296 e. The summed E-state index contributed by atoms with van der Waals surface area (Å²) in [5.74, 6) is 0.765. The molecule has 1 saturated heterocycles. The molecule has 4 nitrogen and oxygen atoms in total. The van der Waals surface area contributed by atoms with Gasteiger partial charge in [0.15, 0.2) is 0 Å². The highest BCUT2D eigenvalue weighted by Crippen LogP contribution is 2.23. The smallest absolute Gasteiger partial charge is 0.228 e. The molecule has 0 aromatic carbocycles. The van der Waals surface area contributed by atoms with E-state index in [1.807, 2.05) is 6.07 Å². The summed E-state index contributed by atoms with van der Waals surface area (Å²) in [7, 11) is 0. The molecule has 1 aliphatic heterocycles. The van der Waals surface area contributed by atoms with Crippen molar-refractivity contribution >= 4 is 11.7 Å². The quantitative estimate of drug-likeness (QED) is 0.699. The van der Waals surface area contributed by atoms with E-state index >= 15 is 0 Å². The average molecular weight is 213 g/mol. The number of carbonyl (C=O) groups is 1. The Balaban J connectivity index is 2.28. The van der Waals surface area contributed by atoms with Gasteiger partial charge in [-0.05, 0) is 12.1 Å². The number of carbonyl (C=O) groups excluding carboxylic acids is 1. The molecule has 0 N–H and O–H groups in total. The Labute approximate surface area is 93.8 Å². The maximum Gasteiger partial charge on any atom is 0.228 e. The van der Waals surface area contributed by atoms with E-state index in [-0.39, 0.29) is 11.8 Å². The van der Waals surface area contributed by atoms with Crippen LogP contribution in [0.4, 0.5) is 5.82 Å². The molecule has 16 heavy (non-hydrogen) atoms. The zero-order valence-corrected chi connectivity index (χ0v) is 8.76. The van der Waals surface area contributed by atoms with E-state index in [4.69, 9.17) is 5.26 Å². The van der Waals surface area contributed by atoms with Crippen LogP contribution in [0.5, 0.6) is 0 Å². The van der Waals surface area contributed by atoms with Crippen LogP contribution in [0, 0.1) is 17.2 Å². The Bertz CT molecular complexity index is 475. The number of amides is 1. The van der Waals surface area contributed by atoms with Gasteiger partial charge in [0.1, 0.15) is 17.6 Å². The summed E-state index contributed by atoms with van der Waals surface area (Å²) in [5, 5.41) is 8.74. The Morgan fingerprint density at radius 2 is 2.44 bits per heavy atom. The van der Waals surface area contributed by atoms with E-state index in [0.717, 1.165) is 0 Å². The van der Waals surface area contributed by atoms with Crippen molar-refractivity contribution in [3.63, 3.8) is 0 Å². The van der Waals surface area contributed by atoms with Crippen LogP contribution < -0.4 is 4.90 Å². The number of rotatable bonds is 2. The second-order valence-corrected chi connectivity index (χ2v) is 3.70. The van der Waals surface area contributed by atoms with E-state index in [1.165, 1.54) is 0 Å². The van der Waals surface area contributed by atoms with Crippen LogP contribution in [0.15, 0.2) is 30.9 Å². The van der Waals surface area contributed by atoms with E-state index in [0.29, 0.717) is 24.5 Å². The molecule has 0 saturated carbocycles. The first kappa shape index (κ1) is 10.4. The maximum atomic E-state index is 11.7. The minimum absolute atomic E-state index is 0.0347. The summed E-state index contributed by atoms with van der Waals surface area (Å²) in [4.78, 5) is 17.4. The molecule has 80 valence electrons. The lowest BCUT2D eigenvalue weighted by Gasteiger charge is -2.14. The van der Waals surface area contributed by atoms with Crippen LogP contribution in [0.25, 0.3) is 0 Å². The van der Waals surface area contributed by atoms with Gasteiger partial charge in [-0.1, -0.05) is 12.1 Å². The van der Waals surface area contributed by atoms with Gasteiger partial charge in [-0.2, -0.15) is 5.26 Å². The lowest BCUT2D eigenvalue weighted by Crippen LogP contribution is -2.25. The van der Waals surface area contributed by atoms with Crippen LogP contribution in [0.3, 0.4) is 0 Å². The number of nitriles is 1. The fraction of sp³-hybridized carbons (Fsp3) is 0.250. The molecule has 1 aromatic rings. The second-order valence-electron chi connectivity index (χ2n) is 3.70. The van der Waals surface area contributed by atoms with Crippen molar-refractivity contribution in [3.8, 4) is 6.07 Å². The Morgan fingerprint density at radius 3 is 3.06 bits per heavy atom. The highest BCUT2D eigenvalue weighted by atomic mass is 16.2. The van der Waals surface area contributed by atoms with Gasteiger partial charge in [-0.15, -0.1) is 6.58 Å². The van der Waals surface area contributed by atoms with Crippen LogP contribution in [-0.4, -0.2) is 17.4 Å². The fourth-order valence-corrected chi connectivity index (χ4v) is 1.75. The van der Waals surface area contributed by atoms with Gasteiger partial charge >= 0.3 is 0 Å². The zero-order chi connectivity index (χ0) is 11.5. The summed E-state index contributed by atoms with van der Waals surface area (Å²) in [6.45, 7) is 4.29. The molecule has 0 radical (unpaired) electrons. The molecule has 1 aliphatic rings. The predicted molar refractivity (Wildman–Crippen MR) is 59.6 cm³/mol. The standard InChI is InChI=1S/C12H11N3O/c1-2-9-6-12(16)15(8-9)11-5-3-4-10(7-13)14-11/h2-5,9H,1,6,8H2. The van der Waals surface area contributed by atoms with Crippen molar-refractivity contribution in [2.75, 3.05) is 11.4 Å². The Morgan fingerprint density at radius 1 is 1.62 bits per heavy atom. The van der Waals surface area contributed by atoms with Gasteiger partial charge in [0.25, 0.3) is 0 Å². The Hall–Kier alpha value is -2.15. The molecule has 4 heteroatoms. The number of aromatic nitrogens is 1. The highest BCUT2D eigenvalue weighted by Gasteiger charge is 2.29. The van der Waals surface area contributed by atoms with E-state index in [1.54, 1.807) is 29.2 Å². The topological polar surface area (TPSA) is 57.0 Å². The molecule has 0 bridgehead atoms. The summed E-state index contributed by atoms with van der Waals surface area (Å²) >= 11 is 0. The molecule has 0 spiro atoms. The third kappa shape index (κ3) is 1.80. The molecule has 1 atom stereocenters. The highest BCUT2D eigenvalue weighted by molar-refractivity contribution is 5.95. The maximum absolute atomic E-state index is 11.7. The van der Waals surface area contributed by atoms with Crippen molar-refractivity contribution in [2.24, 2.45) is 5.92 Å². The molecule has 1 aromatic heterocycles. The normalized spacial score (nSPS) is 19.6. The zero-order valence-electron chi connectivity index (χ0n) is 8.76. The summed E-state index contributed by atoms with van der Waals surface area (Å²) in [6.07, 6.45) is 2.26. The molecule has 1 unspecified atom stereocenters. The summed E-state index contributed by atoms with van der Waals surface area (Å²) < 4.78 is 0. The number of anilines is 1. The van der Waals surface area contributed by atoms with Gasteiger partial charge in [-0.25, -0.2) is 4.98 Å². The van der Waals surface area contributed by atoms with Crippen molar-refractivity contribution in [3.05, 3.63) is 36.5 Å². The van der Waals surface area contributed by atoms with Gasteiger partial charge < -0.3 is 0 Å². The van der Waals surface area contributed by atoms with Crippen molar-refractivity contribution in [2.45, 2.75) is 6.42 Å². The van der Waals surface area contributed by atoms with Crippen LogP contribution >= 0.6 is 0 Å². The monoisotopic (exact) mass is 213 g/mol. The first-order chi connectivity index (χ1) is 7.74. The number of pyridine rings is 1. The lowest BCUT2D eigenvalue weighted by molar-refractivity contribution is -0.117. The van der Waals surface area contributed by atoms with Crippen molar-refractivity contribution in [1.82, 2.24) is 4.98 Å². The predicted octanol–water partition coefficient (Wildman–Crippen LogP) is 1.49. The van der Waals surface area contributed by atoms with E-state index in [9.17, 15) is 4.79 Å². The van der Waals surface area contributed by atoms with Gasteiger partial charge in [0.05, 0.1) is 0 Å². The lowest BCUT2D eigenvalue weighted by atomic mass is 10.1. The SMILES string of the molecule is C=CC1CC(=O)N(c2cccc(C#N)n2)C1. The van der Waals surface area contributed by atoms with Gasteiger partial charge in [-0.3, -0.25) is 9.69 Å². The summed E-state index contributed by atoms with van der Waals surface area (Å²) in [5.41, 5.74) is 0.326. The third-order valence-corrected chi connectivity index (χ3v) is 2.61. The molecular weight excluding hydrogens is 202 g/mol. The summed E-state index contributed by atoms with van der Waals surface area (Å²) in [6, 6.07) is 7.05. The second kappa shape index (κ2) is 4.15. The van der Waals surface area contributed by atoms with E-state index in [2.05, 4.69) is 11.6 Å². The molecule has 2 rings (SSSR count). The first-order valence-electron chi connectivity index (χ1n) is 5.04. The van der Waals surface area contributed by atoms with Crippen molar-refractivity contribution in [1.29, 1.82) is 5.26 Å². The van der Waals surface area contributed by atoms with E-state index < -0.39 is 0 Å². The average Bonchev–Trinajstić information content (AvgIpc) is 2.71. The molecule has 1 fully saturated rings. The fourth-order valence-electron chi connectivity index (χ4n) is 1.75. The van der Waals surface area contributed by atoms with Crippen molar-refractivity contribution < 1.29 is 4.79 Å². The molecule has 1 amide bonds. The van der Waals surface area contributed by atoms with Crippen LogP contribution in [-0.2, 0) is 4.79 Å². The van der Waals surface area contributed by atoms with Crippen LogP contribution in [0.1, 0.15) is 12.1 Å². The minimum atomic E-state index is 0.0347. The molecular formula is C12H11N3O. The number of hydrogen-bond donors (Lipinski definition) is 0. The number of nitrogens with zero attached hydrogens (tertiary/aromatic N) is 3. The van der Waals surface area contributed by atoms with Crippen LogP contribution in [0.2, 0.25) is 0 Å². The number of hydrogen-bond acceptors (Lipinski definition) is 3. The molecule has 0 aliphatic carbocycles. The first-order valence-corrected chi connectivity index (χ1v) is 5.04.